The van der Waals surface area contributed by atoms with Gasteiger partial charge >= 0.3 is 6.03 Å². The van der Waals surface area contributed by atoms with Crippen LogP contribution in [0, 0.1) is 0 Å². The van der Waals surface area contributed by atoms with Crippen molar-refractivity contribution in [2.45, 2.75) is 108 Å². The fourth-order valence-corrected chi connectivity index (χ4v) is 5.47. The molecule has 6 nitrogen and oxygen atoms in total. The van der Waals surface area contributed by atoms with Gasteiger partial charge in [-0.25, -0.2) is 4.79 Å². The summed E-state index contributed by atoms with van der Waals surface area (Å²) in [4.78, 5) is 27.1. The van der Waals surface area contributed by atoms with Crippen molar-refractivity contribution in [2.24, 2.45) is 0 Å². The van der Waals surface area contributed by atoms with Crippen LogP contribution in [-0.4, -0.2) is 54.6 Å². The Bertz CT molecular complexity index is 507. The monoisotopic (exact) mass is 406 g/mol. The van der Waals surface area contributed by atoms with Gasteiger partial charge in [0.15, 0.2) is 0 Å². The Balaban J connectivity index is 1.32. The third-order valence-corrected chi connectivity index (χ3v) is 7.23. The van der Waals surface area contributed by atoms with E-state index in [1.165, 1.54) is 83.7 Å². The first kappa shape index (κ1) is 22.4. The van der Waals surface area contributed by atoms with Crippen LogP contribution >= 0.6 is 0 Å². The standard InChI is InChI=1S/C23H42N4O2/c28-21(13-10-16-24-22(29)26-20-11-4-1-5-12-20)25-19-23(14-6-2-7-15-23)27-17-8-3-9-18-27/h20H,1-19H2,(H,25,28)(H2,24,26,29). The molecule has 1 aliphatic heterocycles. The van der Waals surface area contributed by atoms with E-state index < -0.39 is 0 Å². The van der Waals surface area contributed by atoms with Crippen molar-refractivity contribution in [1.29, 1.82) is 0 Å². The van der Waals surface area contributed by atoms with E-state index in [2.05, 4.69) is 20.9 Å². The van der Waals surface area contributed by atoms with E-state index in [1.54, 1.807) is 0 Å². The van der Waals surface area contributed by atoms with Gasteiger partial charge < -0.3 is 16.0 Å². The molecule has 3 fully saturated rings. The van der Waals surface area contributed by atoms with Crippen molar-refractivity contribution in [3.63, 3.8) is 0 Å². The average Bonchev–Trinajstić information content (AvgIpc) is 2.77. The van der Waals surface area contributed by atoms with Crippen LogP contribution in [0.1, 0.15) is 96.3 Å². The maximum absolute atomic E-state index is 12.4. The third kappa shape index (κ3) is 7.16. The Labute approximate surface area is 176 Å². The number of piperidine rings is 1. The molecule has 0 spiro atoms. The Morgan fingerprint density at radius 2 is 1.48 bits per heavy atom. The minimum Gasteiger partial charge on any atom is -0.354 e. The fraction of sp³-hybridized carbons (Fsp3) is 0.913. The summed E-state index contributed by atoms with van der Waals surface area (Å²) >= 11 is 0. The molecule has 6 heteroatoms. The lowest BCUT2D eigenvalue weighted by molar-refractivity contribution is -0.122. The highest BCUT2D eigenvalue weighted by Gasteiger charge is 2.38. The summed E-state index contributed by atoms with van der Waals surface area (Å²) in [5.41, 5.74) is 0.187. The second kappa shape index (κ2) is 11.8. The number of carbonyl (C=O) groups excluding carboxylic acids is 2. The van der Waals surface area contributed by atoms with Crippen LogP contribution in [0.15, 0.2) is 0 Å². The van der Waals surface area contributed by atoms with Crippen molar-refractivity contribution >= 4 is 11.9 Å². The summed E-state index contributed by atoms with van der Waals surface area (Å²) in [6.07, 6.45) is 17.4. The van der Waals surface area contributed by atoms with Crippen LogP contribution < -0.4 is 16.0 Å². The first-order valence-electron chi connectivity index (χ1n) is 12.2. The highest BCUT2D eigenvalue weighted by molar-refractivity contribution is 5.76. The van der Waals surface area contributed by atoms with Crippen molar-refractivity contribution in [3.05, 3.63) is 0 Å². The Morgan fingerprint density at radius 1 is 0.828 bits per heavy atom. The predicted octanol–water partition coefficient (Wildman–Crippen LogP) is 3.70. The lowest BCUT2D eigenvalue weighted by Crippen LogP contribution is -2.58. The first-order chi connectivity index (χ1) is 14.2. The summed E-state index contributed by atoms with van der Waals surface area (Å²) in [6, 6.07) is 0.247. The van der Waals surface area contributed by atoms with Crippen LogP contribution in [0.3, 0.4) is 0 Å². The number of amides is 3. The molecule has 166 valence electrons. The van der Waals surface area contributed by atoms with Gasteiger partial charge in [0.05, 0.1) is 0 Å². The maximum atomic E-state index is 12.4. The molecule has 0 aromatic carbocycles. The van der Waals surface area contributed by atoms with E-state index in [0.717, 1.165) is 19.4 Å². The van der Waals surface area contributed by atoms with Gasteiger partial charge in [0.1, 0.15) is 0 Å². The van der Waals surface area contributed by atoms with Crippen LogP contribution in [0.4, 0.5) is 4.79 Å². The van der Waals surface area contributed by atoms with E-state index >= 15 is 0 Å². The van der Waals surface area contributed by atoms with E-state index in [9.17, 15) is 9.59 Å². The van der Waals surface area contributed by atoms with E-state index in [0.29, 0.717) is 25.4 Å². The van der Waals surface area contributed by atoms with E-state index in [1.807, 2.05) is 0 Å². The summed E-state index contributed by atoms with van der Waals surface area (Å²) in [5, 5.41) is 9.21. The minimum absolute atomic E-state index is 0.0800. The molecule has 3 rings (SSSR count). The molecule has 0 radical (unpaired) electrons. The molecule has 0 bridgehead atoms. The molecule has 3 aliphatic rings. The fourth-order valence-electron chi connectivity index (χ4n) is 5.47. The first-order valence-corrected chi connectivity index (χ1v) is 12.2. The molecule has 2 saturated carbocycles. The lowest BCUT2D eigenvalue weighted by atomic mass is 9.79. The smallest absolute Gasteiger partial charge is 0.315 e. The van der Waals surface area contributed by atoms with Crippen LogP contribution in [0.2, 0.25) is 0 Å². The highest BCUT2D eigenvalue weighted by Crippen LogP contribution is 2.35. The lowest BCUT2D eigenvalue weighted by Gasteiger charge is -2.48. The SMILES string of the molecule is O=C(CCCNC(=O)NC1CCCCC1)NCC1(N2CCCCC2)CCCCC1. The number of likely N-dealkylation sites (tertiary alicyclic amines) is 1. The topological polar surface area (TPSA) is 73.5 Å². The number of hydrogen-bond donors (Lipinski definition) is 3. The average molecular weight is 407 g/mol. The Hall–Kier alpha value is -1.30. The summed E-state index contributed by atoms with van der Waals surface area (Å²) in [7, 11) is 0. The van der Waals surface area contributed by atoms with Gasteiger partial charge in [-0.05, 0) is 58.0 Å². The van der Waals surface area contributed by atoms with Crippen molar-refractivity contribution in [2.75, 3.05) is 26.2 Å². The molecule has 0 unspecified atom stereocenters. The predicted molar refractivity (Wildman–Crippen MR) is 117 cm³/mol. The highest BCUT2D eigenvalue weighted by atomic mass is 16.2. The molecule has 0 aromatic heterocycles. The number of nitrogens with one attached hydrogen (secondary N) is 3. The zero-order valence-electron chi connectivity index (χ0n) is 18.3. The van der Waals surface area contributed by atoms with Gasteiger partial charge in [-0.1, -0.05) is 44.9 Å². The molecule has 2 aliphatic carbocycles. The van der Waals surface area contributed by atoms with Gasteiger partial charge in [-0.2, -0.15) is 0 Å². The van der Waals surface area contributed by atoms with Gasteiger partial charge in [0.25, 0.3) is 0 Å². The molecule has 0 atom stereocenters. The molecule has 3 N–H and O–H groups in total. The van der Waals surface area contributed by atoms with E-state index in [4.69, 9.17) is 0 Å². The number of carbonyl (C=O) groups is 2. The second-order valence-electron chi connectivity index (χ2n) is 9.45. The van der Waals surface area contributed by atoms with Gasteiger partial charge in [0.2, 0.25) is 5.91 Å². The van der Waals surface area contributed by atoms with E-state index in [-0.39, 0.29) is 17.5 Å². The number of rotatable bonds is 8. The van der Waals surface area contributed by atoms with Gasteiger partial charge in [-0.15, -0.1) is 0 Å². The molecule has 1 saturated heterocycles. The van der Waals surface area contributed by atoms with Gasteiger partial charge in [0, 0.05) is 31.1 Å². The molecule has 0 aromatic rings. The molecule has 29 heavy (non-hydrogen) atoms. The number of hydrogen-bond acceptors (Lipinski definition) is 3. The number of nitrogens with zero attached hydrogens (tertiary/aromatic N) is 1. The largest absolute Gasteiger partial charge is 0.354 e. The number of urea groups is 1. The maximum Gasteiger partial charge on any atom is 0.315 e. The quantitative estimate of drug-likeness (QED) is 0.538. The van der Waals surface area contributed by atoms with Crippen molar-refractivity contribution < 1.29 is 9.59 Å². The second-order valence-corrected chi connectivity index (χ2v) is 9.45. The molecule has 3 amide bonds. The zero-order chi connectivity index (χ0) is 20.4. The molecular weight excluding hydrogens is 364 g/mol. The third-order valence-electron chi connectivity index (χ3n) is 7.23. The molecule has 1 heterocycles. The molecular formula is C23H42N4O2. The Kier molecular flexibility index (Phi) is 9.09. The van der Waals surface area contributed by atoms with Crippen LogP contribution in [0.5, 0.6) is 0 Å². The van der Waals surface area contributed by atoms with Crippen LogP contribution in [0.25, 0.3) is 0 Å². The van der Waals surface area contributed by atoms with Crippen LogP contribution in [-0.2, 0) is 4.79 Å². The Morgan fingerprint density at radius 3 is 2.21 bits per heavy atom. The minimum atomic E-state index is -0.0800. The zero-order valence-corrected chi connectivity index (χ0v) is 18.3. The van der Waals surface area contributed by atoms with Crippen molar-refractivity contribution in [3.8, 4) is 0 Å². The summed E-state index contributed by atoms with van der Waals surface area (Å²) in [6.45, 7) is 3.73. The summed E-state index contributed by atoms with van der Waals surface area (Å²) in [5.74, 6) is 0.126. The normalized spacial score (nSPS) is 23.3. The van der Waals surface area contributed by atoms with Crippen molar-refractivity contribution in [1.82, 2.24) is 20.9 Å². The summed E-state index contributed by atoms with van der Waals surface area (Å²) < 4.78 is 0. The van der Waals surface area contributed by atoms with Gasteiger partial charge in [-0.3, -0.25) is 9.69 Å².